The van der Waals surface area contributed by atoms with Gasteiger partial charge in [-0.2, -0.15) is 13.2 Å². The standard InChI is InChI=1S/C9H10F3N3.2ClH/c10-9(11,12)6-1-2-8(14-3-6)15-4-7(13)5-15;;/h1-3,7H,4-5,13H2;2*1H. The summed E-state index contributed by atoms with van der Waals surface area (Å²) in [4.78, 5) is 5.59. The molecule has 2 N–H and O–H groups in total. The fourth-order valence-corrected chi connectivity index (χ4v) is 1.44. The summed E-state index contributed by atoms with van der Waals surface area (Å²) < 4.78 is 36.6. The number of rotatable bonds is 1. The van der Waals surface area contributed by atoms with Gasteiger partial charge in [-0.3, -0.25) is 0 Å². The van der Waals surface area contributed by atoms with Crippen molar-refractivity contribution in [3.05, 3.63) is 23.9 Å². The lowest BCUT2D eigenvalue weighted by molar-refractivity contribution is -0.137. The molecular formula is C9H12Cl2F3N3. The SMILES string of the molecule is Cl.Cl.NC1CN(c2ccc(C(F)(F)F)cn2)C1. The van der Waals surface area contributed by atoms with Crippen LogP contribution in [0, 0.1) is 0 Å². The van der Waals surface area contributed by atoms with Crippen molar-refractivity contribution >= 4 is 30.6 Å². The second-order valence-corrected chi connectivity index (χ2v) is 3.57. The van der Waals surface area contributed by atoms with Crippen LogP contribution < -0.4 is 10.6 Å². The van der Waals surface area contributed by atoms with E-state index in [1.54, 1.807) is 0 Å². The molecule has 2 heterocycles. The number of alkyl halides is 3. The molecule has 1 aromatic heterocycles. The van der Waals surface area contributed by atoms with Crippen molar-refractivity contribution in [2.45, 2.75) is 12.2 Å². The number of hydrogen-bond acceptors (Lipinski definition) is 3. The Morgan fingerprint density at radius 2 is 1.82 bits per heavy atom. The first-order valence-corrected chi connectivity index (χ1v) is 4.50. The average molecular weight is 290 g/mol. The number of pyridine rings is 1. The first-order chi connectivity index (χ1) is 6.97. The average Bonchev–Trinajstić information content (AvgIpc) is 2.12. The Morgan fingerprint density at radius 1 is 1.24 bits per heavy atom. The minimum Gasteiger partial charge on any atom is -0.353 e. The summed E-state index contributed by atoms with van der Waals surface area (Å²) in [7, 11) is 0. The molecule has 1 fully saturated rings. The van der Waals surface area contributed by atoms with Gasteiger partial charge in [0.15, 0.2) is 0 Å². The molecule has 1 aromatic rings. The maximum Gasteiger partial charge on any atom is 0.417 e. The molecule has 0 aliphatic carbocycles. The molecule has 0 atom stereocenters. The lowest BCUT2D eigenvalue weighted by atomic mass is 10.1. The van der Waals surface area contributed by atoms with Gasteiger partial charge in [-0.1, -0.05) is 0 Å². The molecule has 1 saturated heterocycles. The molecule has 0 spiro atoms. The van der Waals surface area contributed by atoms with Crippen LogP contribution in [0.15, 0.2) is 18.3 Å². The lowest BCUT2D eigenvalue weighted by Crippen LogP contribution is -2.56. The molecule has 0 saturated carbocycles. The molecule has 2 rings (SSSR count). The highest BCUT2D eigenvalue weighted by molar-refractivity contribution is 5.85. The van der Waals surface area contributed by atoms with E-state index in [-0.39, 0.29) is 30.9 Å². The third-order valence-corrected chi connectivity index (χ3v) is 2.31. The molecule has 0 radical (unpaired) electrons. The Morgan fingerprint density at radius 3 is 2.18 bits per heavy atom. The summed E-state index contributed by atoms with van der Waals surface area (Å²) >= 11 is 0. The number of anilines is 1. The van der Waals surface area contributed by atoms with E-state index in [1.807, 2.05) is 4.90 Å². The van der Waals surface area contributed by atoms with Crippen molar-refractivity contribution in [3.8, 4) is 0 Å². The van der Waals surface area contributed by atoms with Gasteiger partial charge in [-0.15, -0.1) is 24.8 Å². The van der Waals surface area contributed by atoms with Crippen LogP contribution in [0.4, 0.5) is 19.0 Å². The second kappa shape index (κ2) is 5.75. The van der Waals surface area contributed by atoms with Gasteiger partial charge in [-0.05, 0) is 12.1 Å². The van der Waals surface area contributed by atoms with Gasteiger partial charge in [0.05, 0.1) is 5.56 Å². The molecule has 0 bridgehead atoms. The summed E-state index contributed by atoms with van der Waals surface area (Å²) in [6, 6.07) is 2.51. The molecule has 0 unspecified atom stereocenters. The van der Waals surface area contributed by atoms with E-state index in [0.29, 0.717) is 18.9 Å². The first kappa shape index (κ1) is 16.3. The van der Waals surface area contributed by atoms with Crippen LogP contribution in [0.2, 0.25) is 0 Å². The Balaban J connectivity index is 0.00000128. The van der Waals surface area contributed by atoms with Crippen LogP contribution in [-0.4, -0.2) is 24.1 Å². The van der Waals surface area contributed by atoms with Crippen LogP contribution in [0.3, 0.4) is 0 Å². The Bertz CT molecular complexity index is 349. The highest BCUT2D eigenvalue weighted by Crippen LogP contribution is 2.29. The van der Waals surface area contributed by atoms with E-state index < -0.39 is 11.7 Å². The van der Waals surface area contributed by atoms with Crippen LogP contribution in [-0.2, 0) is 6.18 Å². The van der Waals surface area contributed by atoms with E-state index in [0.717, 1.165) is 12.3 Å². The summed E-state index contributed by atoms with van der Waals surface area (Å²) in [6.45, 7) is 1.30. The van der Waals surface area contributed by atoms with Crippen LogP contribution in [0.5, 0.6) is 0 Å². The summed E-state index contributed by atoms with van der Waals surface area (Å²) in [5, 5.41) is 0. The third-order valence-electron chi connectivity index (χ3n) is 2.31. The van der Waals surface area contributed by atoms with E-state index in [2.05, 4.69) is 4.98 Å². The van der Waals surface area contributed by atoms with Gasteiger partial charge in [0.2, 0.25) is 0 Å². The second-order valence-electron chi connectivity index (χ2n) is 3.57. The van der Waals surface area contributed by atoms with Gasteiger partial charge in [0, 0.05) is 25.3 Å². The molecule has 98 valence electrons. The number of nitrogens with zero attached hydrogens (tertiary/aromatic N) is 2. The van der Waals surface area contributed by atoms with E-state index >= 15 is 0 Å². The molecule has 3 nitrogen and oxygen atoms in total. The predicted octanol–water partition coefficient (Wildman–Crippen LogP) is 2.09. The Hall–Kier alpha value is -0.720. The molecule has 8 heteroatoms. The molecule has 17 heavy (non-hydrogen) atoms. The van der Waals surface area contributed by atoms with Crippen molar-refractivity contribution in [3.63, 3.8) is 0 Å². The van der Waals surface area contributed by atoms with Gasteiger partial charge in [-0.25, -0.2) is 4.98 Å². The van der Waals surface area contributed by atoms with Gasteiger partial charge in [0.25, 0.3) is 0 Å². The van der Waals surface area contributed by atoms with Crippen LogP contribution in [0.25, 0.3) is 0 Å². The zero-order valence-electron chi connectivity index (χ0n) is 8.65. The topological polar surface area (TPSA) is 42.1 Å². The number of halogens is 5. The number of aromatic nitrogens is 1. The molecule has 1 aliphatic rings. The quantitative estimate of drug-likeness (QED) is 0.861. The maximum absolute atomic E-state index is 12.2. The Kier molecular flexibility index (Phi) is 5.51. The highest BCUT2D eigenvalue weighted by atomic mass is 35.5. The summed E-state index contributed by atoms with van der Waals surface area (Å²) in [5.74, 6) is 0.546. The third kappa shape index (κ3) is 3.62. The first-order valence-electron chi connectivity index (χ1n) is 4.50. The van der Waals surface area contributed by atoms with E-state index in [1.165, 1.54) is 6.07 Å². The normalized spacial score (nSPS) is 15.6. The smallest absolute Gasteiger partial charge is 0.353 e. The molecule has 1 aliphatic heterocycles. The van der Waals surface area contributed by atoms with Crippen molar-refractivity contribution < 1.29 is 13.2 Å². The zero-order valence-corrected chi connectivity index (χ0v) is 10.3. The molecule has 0 amide bonds. The minimum atomic E-state index is -4.32. The van der Waals surface area contributed by atoms with Gasteiger partial charge in [0.1, 0.15) is 5.82 Å². The summed E-state index contributed by atoms with van der Waals surface area (Å²) in [5.41, 5.74) is 4.83. The minimum absolute atomic E-state index is 0. The van der Waals surface area contributed by atoms with Crippen LogP contribution >= 0.6 is 24.8 Å². The van der Waals surface area contributed by atoms with Crippen LogP contribution in [0.1, 0.15) is 5.56 Å². The fraction of sp³-hybridized carbons (Fsp3) is 0.444. The lowest BCUT2D eigenvalue weighted by Gasteiger charge is -2.37. The highest BCUT2D eigenvalue weighted by Gasteiger charge is 2.31. The predicted molar refractivity (Wildman–Crippen MR) is 63.9 cm³/mol. The van der Waals surface area contributed by atoms with Gasteiger partial charge >= 0.3 is 6.18 Å². The summed E-state index contributed by atoms with van der Waals surface area (Å²) in [6.07, 6.45) is -3.48. The molecular weight excluding hydrogens is 278 g/mol. The van der Waals surface area contributed by atoms with Crippen molar-refractivity contribution in [2.24, 2.45) is 5.73 Å². The van der Waals surface area contributed by atoms with E-state index in [9.17, 15) is 13.2 Å². The van der Waals surface area contributed by atoms with Crippen molar-refractivity contribution in [2.75, 3.05) is 18.0 Å². The zero-order chi connectivity index (χ0) is 11.1. The fourth-order valence-electron chi connectivity index (χ4n) is 1.44. The van der Waals surface area contributed by atoms with Crippen molar-refractivity contribution in [1.29, 1.82) is 0 Å². The largest absolute Gasteiger partial charge is 0.417 e. The molecule has 0 aromatic carbocycles. The van der Waals surface area contributed by atoms with Crippen molar-refractivity contribution in [1.82, 2.24) is 4.98 Å². The maximum atomic E-state index is 12.2. The number of nitrogens with two attached hydrogens (primary N) is 1. The monoisotopic (exact) mass is 289 g/mol. The van der Waals surface area contributed by atoms with E-state index in [4.69, 9.17) is 5.73 Å². The number of hydrogen-bond donors (Lipinski definition) is 1. The van der Waals surface area contributed by atoms with Gasteiger partial charge < -0.3 is 10.6 Å². The Labute approximate surface area is 109 Å².